The van der Waals surface area contributed by atoms with Crippen LogP contribution in [-0.4, -0.2) is 42.8 Å². The SMILES string of the molecule is CC(C)(C(=O)NCC1CCC1CN1CCC(C(=O)c2ccc(F)cc2)CC1)c1ccc(Cl)cc1. The van der Waals surface area contributed by atoms with E-state index in [9.17, 15) is 14.0 Å². The first-order valence-corrected chi connectivity index (χ1v) is 12.7. The first-order chi connectivity index (χ1) is 16.2. The smallest absolute Gasteiger partial charge is 0.230 e. The number of likely N-dealkylation sites (tertiary alicyclic amines) is 1. The molecule has 0 bridgehead atoms. The fourth-order valence-corrected chi connectivity index (χ4v) is 5.27. The third-order valence-electron chi connectivity index (χ3n) is 7.81. The average molecular weight is 485 g/mol. The van der Waals surface area contributed by atoms with Gasteiger partial charge in [0.15, 0.2) is 5.78 Å². The largest absolute Gasteiger partial charge is 0.355 e. The molecule has 1 saturated heterocycles. The summed E-state index contributed by atoms with van der Waals surface area (Å²) in [6.45, 7) is 7.45. The van der Waals surface area contributed by atoms with Crippen LogP contribution in [0.2, 0.25) is 5.02 Å². The third kappa shape index (κ3) is 5.69. The number of piperidine rings is 1. The van der Waals surface area contributed by atoms with E-state index in [-0.39, 0.29) is 23.4 Å². The minimum atomic E-state index is -0.608. The van der Waals surface area contributed by atoms with Gasteiger partial charge >= 0.3 is 0 Å². The molecule has 182 valence electrons. The number of nitrogens with one attached hydrogen (secondary N) is 1. The molecule has 2 fully saturated rings. The Bertz CT molecular complexity index is 998. The number of rotatable bonds is 8. The van der Waals surface area contributed by atoms with Crippen molar-refractivity contribution in [3.05, 3.63) is 70.5 Å². The normalized spacial score (nSPS) is 21.6. The highest BCUT2D eigenvalue weighted by atomic mass is 35.5. The number of Topliss-reactive ketones (excluding diaryl/α,β-unsaturated/α-hetero) is 1. The summed E-state index contributed by atoms with van der Waals surface area (Å²) in [4.78, 5) is 28.1. The lowest BCUT2D eigenvalue weighted by Crippen LogP contribution is -2.48. The quantitative estimate of drug-likeness (QED) is 0.504. The highest BCUT2D eigenvalue weighted by molar-refractivity contribution is 6.30. The van der Waals surface area contributed by atoms with Gasteiger partial charge in [0.25, 0.3) is 0 Å². The highest BCUT2D eigenvalue weighted by Crippen LogP contribution is 2.36. The van der Waals surface area contributed by atoms with E-state index < -0.39 is 5.41 Å². The molecule has 2 aromatic carbocycles. The molecule has 1 N–H and O–H groups in total. The van der Waals surface area contributed by atoms with Crippen molar-refractivity contribution >= 4 is 23.3 Å². The standard InChI is InChI=1S/C28H34ClFN2O2/c1-28(2,23-7-9-24(29)10-8-23)27(34)31-17-21-3-4-22(21)18-32-15-13-20(14-16-32)26(33)19-5-11-25(30)12-6-19/h5-12,20-22H,3-4,13-18H2,1-2H3,(H,31,34). The van der Waals surface area contributed by atoms with Crippen LogP contribution in [0.25, 0.3) is 0 Å². The van der Waals surface area contributed by atoms with Gasteiger partial charge in [-0.05, 0) is 106 Å². The van der Waals surface area contributed by atoms with E-state index in [0.29, 0.717) is 29.0 Å². The molecule has 0 spiro atoms. The van der Waals surface area contributed by atoms with Crippen LogP contribution < -0.4 is 5.32 Å². The summed E-state index contributed by atoms with van der Waals surface area (Å²) < 4.78 is 13.1. The zero-order valence-electron chi connectivity index (χ0n) is 20.0. The van der Waals surface area contributed by atoms with Crippen LogP contribution in [0.3, 0.4) is 0 Å². The lowest BCUT2D eigenvalue weighted by atomic mass is 9.72. The molecule has 4 rings (SSSR count). The minimum Gasteiger partial charge on any atom is -0.355 e. The van der Waals surface area contributed by atoms with Crippen molar-refractivity contribution in [1.29, 1.82) is 0 Å². The number of hydrogen-bond donors (Lipinski definition) is 1. The lowest BCUT2D eigenvalue weighted by molar-refractivity contribution is -0.126. The third-order valence-corrected chi connectivity index (χ3v) is 8.07. The molecule has 1 aliphatic heterocycles. The summed E-state index contributed by atoms with van der Waals surface area (Å²) in [6, 6.07) is 13.4. The number of nitrogens with zero attached hydrogens (tertiary/aromatic N) is 1. The average Bonchev–Trinajstić information content (AvgIpc) is 2.82. The fraction of sp³-hybridized carbons (Fsp3) is 0.500. The van der Waals surface area contributed by atoms with Gasteiger partial charge in [0, 0.05) is 29.6 Å². The maximum Gasteiger partial charge on any atom is 0.230 e. The molecule has 2 atom stereocenters. The molecule has 2 aliphatic rings. The van der Waals surface area contributed by atoms with Gasteiger partial charge in [-0.25, -0.2) is 4.39 Å². The summed E-state index contributed by atoms with van der Waals surface area (Å²) in [5.74, 6) is 0.971. The highest BCUT2D eigenvalue weighted by Gasteiger charge is 2.36. The zero-order chi connectivity index (χ0) is 24.3. The van der Waals surface area contributed by atoms with Crippen LogP contribution in [0.4, 0.5) is 4.39 Å². The predicted octanol–water partition coefficient (Wildman–Crippen LogP) is 5.49. The predicted molar refractivity (Wildman–Crippen MR) is 134 cm³/mol. The molecule has 2 unspecified atom stereocenters. The van der Waals surface area contributed by atoms with Gasteiger partial charge < -0.3 is 10.2 Å². The van der Waals surface area contributed by atoms with Crippen molar-refractivity contribution in [3.63, 3.8) is 0 Å². The van der Waals surface area contributed by atoms with Crippen LogP contribution >= 0.6 is 11.6 Å². The van der Waals surface area contributed by atoms with Gasteiger partial charge in [-0.3, -0.25) is 9.59 Å². The van der Waals surface area contributed by atoms with E-state index >= 15 is 0 Å². The van der Waals surface area contributed by atoms with Crippen LogP contribution in [0.1, 0.15) is 55.5 Å². The summed E-state index contributed by atoms with van der Waals surface area (Å²) >= 11 is 5.99. The van der Waals surface area contributed by atoms with Crippen molar-refractivity contribution < 1.29 is 14.0 Å². The number of benzene rings is 2. The second-order valence-electron chi connectivity index (χ2n) is 10.4. The molecule has 1 saturated carbocycles. The van der Waals surface area contributed by atoms with Gasteiger partial charge in [-0.2, -0.15) is 0 Å². The van der Waals surface area contributed by atoms with Crippen molar-refractivity contribution in [2.75, 3.05) is 26.2 Å². The van der Waals surface area contributed by atoms with Crippen LogP contribution in [0, 0.1) is 23.6 Å². The molecule has 6 heteroatoms. The van der Waals surface area contributed by atoms with Crippen LogP contribution in [-0.2, 0) is 10.2 Å². The number of ketones is 1. The second-order valence-corrected chi connectivity index (χ2v) is 10.8. The van der Waals surface area contributed by atoms with E-state index in [1.807, 2.05) is 38.1 Å². The fourth-order valence-electron chi connectivity index (χ4n) is 5.15. The zero-order valence-corrected chi connectivity index (χ0v) is 20.8. The van der Waals surface area contributed by atoms with Gasteiger partial charge in [-0.1, -0.05) is 23.7 Å². The Kier molecular flexibility index (Phi) is 7.73. The summed E-state index contributed by atoms with van der Waals surface area (Å²) in [6.07, 6.45) is 4.03. The topological polar surface area (TPSA) is 49.4 Å². The van der Waals surface area contributed by atoms with Gasteiger partial charge in [0.05, 0.1) is 5.41 Å². The van der Waals surface area contributed by atoms with Gasteiger partial charge in [-0.15, -0.1) is 0 Å². The summed E-state index contributed by atoms with van der Waals surface area (Å²) in [5, 5.41) is 3.86. The molecule has 0 radical (unpaired) electrons. The molecule has 4 nitrogen and oxygen atoms in total. The van der Waals surface area contributed by atoms with Crippen molar-refractivity contribution in [3.8, 4) is 0 Å². The van der Waals surface area contributed by atoms with Crippen molar-refractivity contribution in [2.24, 2.45) is 17.8 Å². The Labute approximate surface area is 206 Å². The Balaban J connectivity index is 1.21. The first-order valence-electron chi connectivity index (χ1n) is 12.3. The van der Waals surface area contributed by atoms with Crippen molar-refractivity contribution in [2.45, 2.75) is 44.9 Å². The Hall–Kier alpha value is -2.24. The number of hydrogen-bond acceptors (Lipinski definition) is 3. The maximum absolute atomic E-state index is 13.1. The maximum atomic E-state index is 13.1. The van der Waals surface area contributed by atoms with E-state index in [4.69, 9.17) is 11.6 Å². The summed E-state index contributed by atoms with van der Waals surface area (Å²) in [7, 11) is 0. The van der Waals surface area contributed by atoms with Crippen LogP contribution in [0.15, 0.2) is 48.5 Å². The molecular formula is C28H34ClFN2O2. The Morgan fingerprint density at radius 2 is 1.59 bits per heavy atom. The van der Waals surface area contributed by atoms with Crippen molar-refractivity contribution in [1.82, 2.24) is 10.2 Å². The molecule has 1 amide bonds. The number of carbonyl (C=O) groups is 2. The van der Waals surface area contributed by atoms with E-state index in [1.54, 1.807) is 12.1 Å². The number of amides is 1. The second kappa shape index (κ2) is 10.6. The molecule has 1 heterocycles. The molecule has 0 aromatic heterocycles. The molecule has 2 aromatic rings. The number of halogens is 2. The van der Waals surface area contributed by atoms with E-state index in [2.05, 4.69) is 10.2 Å². The van der Waals surface area contributed by atoms with Gasteiger partial charge in [0.2, 0.25) is 5.91 Å². The minimum absolute atomic E-state index is 0.0216. The summed E-state index contributed by atoms with van der Waals surface area (Å²) in [5.41, 5.74) is 0.955. The Morgan fingerprint density at radius 3 is 2.18 bits per heavy atom. The van der Waals surface area contributed by atoms with E-state index in [1.165, 1.54) is 18.6 Å². The number of carbonyl (C=O) groups excluding carboxylic acids is 2. The molecule has 1 aliphatic carbocycles. The lowest BCUT2D eigenvalue weighted by Gasteiger charge is -2.42. The monoisotopic (exact) mass is 484 g/mol. The first kappa shape index (κ1) is 24.9. The molecule has 34 heavy (non-hydrogen) atoms. The molecular weight excluding hydrogens is 451 g/mol. The van der Waals surface area contributed by atoms with E-state index in [0.717, 1.165) is 44.5 Å². The Morgan fingerprint density at radius 1 is 0.971 bits per heavy atom. The van der Waals surface area contributed by atoms with Crippen LogP contribution in [0.5, 0.6) is 0 Å². The van der Waals surface area contributed by atoms with Gasteiger partial charge in [0.1, 0.15) is 5.82 Å².